The van der Waals surface area contributed by atoms with Gasteiger partial charge in [0.25, 0.3) is 0 Å². The number of halogens is 1. The Kier molecular flexibility index (Phi) is 3.53. The molecule has 76 valence electrons. The summed E-state index contributed by atoms with van der Waals surface area (Å²) in [6.45, 7) is 5.84. The van der Waals surface area contributed by atoms with Gasteiger partial charge in [0.15, 0.2) is 5.78 Å². The first-order valence-corrected chi connectivity index (χ1v) is 4.88. The first kappa shape index (κ1) is 11.1. The molecular weight excluding hydrogens is 200 g/mol. The van der Waals surface area contributed by atoms with E-state index in [1.165, 1.54) is 6.92 Å². The molecule has 0 saturated carbocycles. The average Bonchev–Trinajstić information content (AvgIpc) is 2.11. The van der Waals surface area contributed by atoms with Gasteiger partial charge in [-0.3, -0.25) is 4.79 Å². The molecule has 0 N–H and O–H groups in total. The van der Waals surface area contributed by atoms with Crippen LogP contribution in [-0.4, -0.2) is 12.4 Å². The van der Waals surface area contributed by atoms with Crippen LogP contribution in [0.5, 0.6) is 5.75 Å². The predicted octanol–water partition coefficient (Wildman–Crippen LogP) is 3.25. The van der Waals surface area contributed by atoms with Gasteiger partial charge in [-0.2, -0.15) is 0 Å². The van der Waals surface area contributed by atoms with Crippen LogP contribution in [0.4, 0.5) is 0 Å². The summed E-state index contributed by atoms with van der Waals surface area (Å²) in [6.07, 6.45) is 0. The van der Waals surface area contributed by atoms with Crippen molar-refractivity contribution in [3.05, 3.63) is 28.3 Å². The van der Waals surface area contributed by atoms with Crippen molar-refractivity contribution >= 4 is 17.4 Å². The molecule has 0 atom stereocenters. The zero-order chi connectivity index (χ0) is 10.7. The van der Waals surface area contributed by atoms with Gasteiger partial charge < -0.3 is 4.74 Å². The van der Waals surface area contributed by atoms with E-state index >= 15 is 0 Å². The SMILES string of the molecule is CCOc1cc(C)c(Cl)c(C(C)=O)c1. The van der Waals surface area contributed by atoms with Crippen LogP contribution in [0.3, 0.4) is 0 Å². The minimum atomic E-state index is -0.0420. The molecule has 0 saturated heterocycles. The van der Waals surface area contributed by atoms with Gasteiger partial charge in [0.1, 0.15) is 5.75 Å². The van der Waals surface area contributed by atoms with E-state index in [0.29, 0.717) is 22.9 Å². The second-order valence-corrected chi connectivity index (χ2v) is 3.47. The van der Waals surface area contributed by atoms with Crippen LogP contribution in [0.1, 0.15) is 29.8 Å². The van der Waals surface area contributed by atoms with Crippen LogP contribution in [0.2, 0.25) is 5.02 Å². The average molecular weight is 213 g/mol. The summed E-state index contributed by atoms with van der Waals surface area (Å²) in [6, 6.07) is 3.51. The fraction of sp³-hybridized carbons (Fsp3) is 0.364. The third-order valence-electron chi connectivity index (χ3n) is 1.92. The Morgan fingerprint density at radius 3 is 2.64 bits per heavy atom. The van der Waals surface area contributed by atoms with Crippen LogP contribution in [-0.2, 0) is 0 Å². The fourth-order valence-electron chi connectivity index (χ4n) is 1.24. The number of carbonyl (C=O) groups is 1. The molecule has 14 heavy (non-hydrogen) atoms. The molecular formula is C11H13ClO2. The second-order valence-electron chi connectivity index (χ2n) is 3.09. The molecule has 0 fully saturated rings. The van der Waals surface area contributed by atoms with Crippen molar-refractivity contribution in [3.63, 3.8) is 0 Å². The third-order valence-corrected chi connectivity index (χ3v) is 2.42. The number of Topliss-reactive ketones (excluding diaryl/α,β-unsaturated/α-hetero) is 1. The van der Waals surface area contributed by atoms with E-state index < -0.39 is 0 Å². The maximum atomic E-state index is 11.2. The monoisotopic (exact) mass is 212 g/mol. The maximum absolute atomic E-state index is 11.2. The molecule has 1 aromatic rings. The smallest absolute Gasteiger partial charge is 0.161 e. The molecule has 3 heteroatoms. The number of benzene rings is 1. The van der Waals surface area contributed by atoms with Gasteiger partial charge in [0.2, 0.25) is 0 Å². The van der Waals surface area contributed by atoms with Crippen molar-refractivity contribution in [2.75, 3.05) is 6.61 Å². The normalized spacial score (nSPS) is 10.0. The molecule has 0 unspecified atom stereocenters. The van der Waals surface area contributed by atoms with Gasteiger partial charge in [-0.1, -0.05) is 11.6 Å². The lowest BCUT2D eigenvalue weighted by Crippen LogP contribution is -1.99. The van der Waals surface area contributed by atoms with Crippen molar-refractivity contribution in [1.82, 2.24) is 0 Å². The lowest BCUT2D eigenvalue weighted by atomic mass is 10.1. The number of hydrogen-bond acceptors (Lipinski definition) is 2. The molecule has 0 bridgehead atoms. The third kappa shape index (κ3) is 2.26. The van der Waals surface area contributed by atoms with Gasteiger partial charge in [0.05, 0.1) is 11.6 Å². The molecule has 0 aliphatic heterocycles. The Balaban J connectivity index is 3.21. The second kappa shape index (κ2) is 4.47. The van der Waals surface area contributed by atoms with Crippen LogP contribution in [0.25, 0.3) is 0 Å². The van der Waals surface area contributed by atoms with Gasteiger partial charge in [0, 0.05) is 5.56 Å². The lowest BCUT2D eigenvalue weighted by molar-refractivity contribution is 0.101. The molecule has 1 rings (SSSR count). The molecule has 0 aliphatic rings. The molecule has 0 heterocycles. The molecule has 0 amide bonds. The molecule has 0 aliphatic carbocycles. The zero-order valence-electron chi connectivity index (χ0n) is 8.56. The van der Waals surface area contributed by atoms with Crippen LogP contribution >= 0.6 is 11.6 Å². The summed E-state index contributed by atoms with van der Waals surface area (Å²) < 4.78 is 5.32. The van der Waals surface area contributed by atoms with E-state index in [4.69, 9.17) is 16.3 Å². The Hall–Kier alpha value is -1.02. The molecule has 0 aromatic heterocycles. The Bertz CT molecular complexity index is 359. The highest BCUT2D eigenvalue weighted by atomic mass is 35.5. The summed E-state index contributed by atoms with van der Waals surface area (Å²) in [4.78, 5) is 11.2. The Morgan fingerprint density at radius 1 is 1.50 bits per heavy atom. The van der Waals surface area contributed by atoms with E-state index in [2.05, 4.69) is 0 Å². The van der Waals surface area contributed by atoms with Gasteiger partial charge >= 0.3 is 0 Å². The summed E-state index contributed by atoms with van der Waals surface area (Å²) in [5, 5.41) is 0.515. The summed E-state index contributed by atoms with van der Waals surface area (Å²) in [5.74, 6) is 0.652. The quantitative estimate of drug-likeness (QED) is 0.719. The lowest BCUT2D eigenvalue weighted by Gasteiger charge is -2.08. The zero-order valence-corrected chi connectivity index (χ0v) is 9.31. The predicted molar refractivity (Wildman–Crippen MR) is 57.4 cm³/mol. The maximum Gasteiger partial charge on any atom is 0.161 e. The first-order chi connectivity index (χ1) is 6.56. The van der Waals surface area contributed by atoms with Crippen molar-refractivity contribution < 1.29 is 9.53 Å². The van der Waals surface area contributed by atoms with E-state index in [0.717, 1.165) is 5.56 Å². The number of hydrogen-bond donors (Lipinski definition) is 0. The highest BCUT2D eigenvalue weighted by molar-refractivity contribution is 6.34. The van der Waals surface area contributed by atoms with Crippen molar-refractivity contribution in [3.8, 4) is 5.75 Å². The fourth-order valence-corrected chi connectivity index (χ4v) is 1.48. The molecule has 0 radical (unpaired) electrons. The van der Waals surface area contributed by atoms with Gasteiger partial charge in [-0.05, 0) is 38.5 Å². The number of aryl methyl sites for hydroxylation is 1. The summed E-state index contributed by atoms with van der Waals surface area (Å²) in [5.41, 5.74) is 1.39. The van der Waals surface area contributed by atoms with E-state index in [1.54, 1.807) is 6.07 Å². The molecule has 1 aromatic carbocycles. The summed E-state index contributed by atoms with van der Waals surface area (Å²) >= 11 is 5.98. The first-order valence-electron chi connectivity index (χ1n) is 4.50. The topological polar surface area (TPSA) is 26.3 Å². The number of ketones is 1. The standard InChI is InChI=1S/C11H13ClO2/c1-4-14-9-5-7(2)11(12)10(6-9)8(3)13/h5-6H,4H2,1-3H3. The highest BCUT2D eigenvalue weighted by Crippen LogP contribution is 2.26. The largest absolute Gasteiger partial charge is 0.494 e. The number of rotatable bonds is 3. The van der Waals surface area contributed by atoms with Crippen LogP contribution in [0, 0.1) is 6.92 Å². The summed E-state index contributed by atoms with van der Waals surface area (Å²) in [7, 11) is 0. The van der Waals surface area contributed by atoms with Crippen molar-refractivity contribution in [2.45, 2.75) is 20.8 Å². The number of carbonyl (C=O) groups excluding carboxylic acids is 1. The van der Waals surface area contributed by atoms with Crippen molar-refractivity contribution in [1.29, 1.82) is 0 Å². The molecule has 0 spiro atoms. The van der Waals surface area contributed by atoms with E-state index in [9.17, 15) is 4.79 Å². The Morgan fingerprint density at radius 2 is 2.14 bits per heavy atom. The minimum Gasteiger partial charge on any atom is -0.494 e. The van der Waals surface area contributed by atoms with Crippen LogP contribution < -0.4 is 4.74 Å². The molecule has 2 nitrogen and oxygen atoms in total. The highest BCUT2D eigenvalue weighted by Gasteiger charge is 2.10. The van der Waals surface area contributed by atoms with E-state index in [1.807, 2.05) is 19.9 Å². The van der Waals surface area contributed by atoms with Crippen LogP contribution in [0.15, 0.2) is 12.1 Å². The van der Waals surface area contributed by atoms with E-state index in [-0.39, 0.29) is 5.78 Å². The van der Waals surface area contributed by atoms with Crippen molar-refractivity contribution in [2.24, 2.45) is 0 Å². The number of ether oxygens (including phenoxy) is 1. The van der Waals surface area contributed by atoms with Gasteiger partial charge in [-0.25, -0.2) is 0 Å². The minimum absolute atomic E-state index is 0.0420. The Labute approximate surface area is 88.8 Å². The van der Waals surface area contributed by atoms with Gasteiger partial charge in [-0.15, -0.1) is 0 Å².